The Morgan fingerprint density at radius 2 is 1.88 bits per heavy atom. The lowest BCUT2D eigenvalue weighted by Gasteiger charge is -1.99. The maximum absolute atomic E-state index is 13.0. The van der Waals surface area contributed by atoms with Gasteiger partial charge in [-0.25, -0.2) is 8.78 Å². The fourth-order valence-corrected chi connectivity index (χ4v) is 2.17. The van der Waals surface area contributed by atoms with Gasteiger partial charge in [-0.15, -0.1) is 0 Å². The first-order valence-electron chi connectivity index (χ1n) is 4.81. The number of halogens is 3. The van der Waals surface area contributed by atoms with Crippen LogP contribution in [0.4, 0.5) is 8.78 Å². The van der Waals surface area contributed by atoms with Gasteiger partial charge in [0.05, 0.1) is 4.47 Å². The van der Waals surface area contributed by atoms with Gasteiger partial charge >= 0.3 is 0 Å². The third-order valence-corrected chi connectivity index (χ3v) is 3.12. The van der Waals surface area contributed by atoms with E-state index in [-0.39, 0.29) is 0 Å². The van der Waals surface area contributed by atoms with E-state index in [2.05, 4.69) is 26.1 Å². The van der Waals surface area contributed by atoms with E-state index in [1.807, 2.05) is 6.92 Å². The third kappa shape index (κ3) is 2.00. The van der Waals surface area contributed by atoms with E-state index < -0.39 is 11.6 Å². The highest BCUT2D eigenvalue weighted by molar-refractivity contribution is 9.10. The zero-order valence-corrected chi connectivity index (χ0v) is 10.1. The predicted octanol–water partition coefficient (Wildman–Crippen LogP) is 3.68. The van der Waals surface area contributed by atoms with Crippen LogP contribution in [-0.2, 0) is 6.42 Å². The number of nitrogens with one attached hydrogen (secondary N) is 1. The zero-order chi connectivity index (χ0) is 11.7. The third-order valence-electron chi connectivity index (χ3n) is 2.27. The Morgan fingerprint density at radius 1 is 1.25 bits per heavy atom. The van der Waals surface area contributed by atoms with E-state index in [1.165, 1.54) is 12.1 Å². The molecule has 84 valence electrons. The fourth-order valence-electron chi connectivity index (χ4n) is 1.48. The van der Waals surface area contributed by atoms with Crippen LogP contribution in [0.25, 0.3) is 11.3 Å². The zero-order valence-electron chi connectivity index (χ0n) is 8.52. The Kier molecular flexibility index (Phi) is 3.05. The number of H-pyrrole nitrogens is 1. The van der Waals surface area contributed by atoms with E-state index in [0.29, 0.717) is 11.3 Å². The van der Waals surface area contributed by atoms with Crippen molar-refractivity contribution in [1.82, 2.24) is 10.2 Å². The van der Waals surface area contributed by atoms with Crippen molar-refractivity contribution in [2.45, 2.75) is 13.3 Å². The highest BCUT2D eigenvalue weighted by atomic mass is 79.9. The van der Waals surface area contributed by atoms with Crippen molar-refractivity contribution in [2.24, 2.45) is 0 Å². The van der Waals surface area contributed by atoms with Crippen molar-refractivity contribution in [2.75, 3.05) is 0 Å². The number of hydrogen-bond acceptors (Lipinski definition) is 1. The van der Waals surface area contributed by atoms with E-state index in [0.717, 1.165) is 22.7 Å². The molecule has 0 unspecified atom stereocenters. The molecule has 5 heteroatoms. The summed E-state index contributed by atoms with van der Waals surface area (Å²) < 4.78 is 26.8. The second-order valence-electron chi connectivity index (χ2n) is 3.38. The van der Waals surface area contributed by atoms with Gasteiger partial charge in [-0.2, -0.15) is 5.10 Å². The van der Waals surface area contributed by atoms with E-state index >= 15 is 0 Å². The average molecular weight is 287 g/mol. The number of aromatic nitrogens is 2. The van der Waals surface area contributed by atoms with Gasteiger partial charge in [0.2, 0.25) is 0 Å². The summed E-state index contributed by atoms with van der Waals surface area (Å²) in [6, 6.07) is 3.34. The van der Waals surface area contributed by atoms with Crippen LogP contribution >= 0.6 is 15.9 Å². The van der Waals surface area contributed by atoms with Crippen molar-refractivity contribution in [3.63, 3.8) is 0 Å². The highest BCUT2D eigenvalue weighted by Crippen LogP contribution is 2.29. The van der Waals surface area contributed by atoms with Crippen LogP contribution in [-0.4, -0.2) is 10.2 Å². The molecule has 0 aliphatic heterocycles. The van der Waals surface area contributed by atoms with Gasteiger partial charge in [0.25, 0.3) is 0 Å². The lowest BCUT2D eigenvalue weighted by Crippen LogP contribution is -1.85. The van der Waals surface area contributed by atoms with Crippen LogP contribution < -0.4 is 0 Å². The minimum Gasteiger partial charge on any atom is -0.281 e. The number of benzene rings is 1. The van der Waals surface area contributed by atoms with Crippen molar-refractivity contribution >= 4 is 15.9 Å². The molecular weight excluding hydrogens is 278 g/mol. The largest absolute Gasteiger partial charge is 0.281 e. The molecule has 16 heavy (non-hydrogen) atoms. The molecule has 2 aromatic rings. The Balaban J connectivity index is 2.54. The molecule has 2 nitrogen and oxygen atoms in total. The van der Waals surface area contributed by atoms with Gasteiger partial charge < -0.3 is 0 Å². The van der Waals surface area contributed by atoms with Crippen LogP contribution in [0.3, 0.4) is 0 Å². The Bertz CT molecular complexity index is 502. The molecule has 1 aromatic heterocycles. The molecule has 0 fully saturated rings. The summed E-state index contributed by atoms with van der Waals surface area (Å²) in [6.45, 7) is 1.97. The quantitative estimate of drug-likeness (QED) is 0.896. The average Bonchev–Trinajstić information content (AvgIpc) is 2.58. The predicted molar refractivity (Wildman–Crippen MR) is 61.0 cm³/mol. The molecule has 0 saturated heterocycles. The van der Waals surface area contributed by atoms with Crippen molar-refractivity contribution in [1.29, 1.82) is 0 Å². The molecule has 0 spiro atoms. The van der Waals surface area contributed by atoms with Crippen LogP contribution in [0.2, 0.25) is 0 Å². The fraction of sp³-hybridized carbons (Fsp3) is 0.182. The number of rotatable bonds is 2. The lowest BCUT2D eigenvalue weighted by atomic mass is 10.1. The maximum Gasteiger partial charge on any atom is 0.126 e. The summed E-state index contributed by atoms with van der Waals surface area (Å²) >= 11 is 3.36. The molecule has 1 aromatic carbocycles. The second-order valence-corrected chi connectivity index (χ2v) is 4.17. The normalized spacial score (nSPS) is 10.8. The first-order valence-corrected chi connectivity index (χ1v) is 5.60. The first-order chi connectivity index (χ1) is 7.61. The molecule has 1 heterocycles. The molecule has 0 aliphatic rings. The molecule has 0 radical (unpaired) electrons. The molecular formula is C11H9BrF2N2. The van der Waals surface area contributed by atoms with Gasteiger partial charge in [0.15, 0.2) is 0 Å². The monoisotopic (exact) mass is 286 g/mol. The molecule has 1 N–H and O–H groups in total. The Hall–Kier alpha value is -1.23. The van der Waals surface area contributed by atoms with Gasteiger partial charge in [-0.05, 0) is 34.5 Å². The van der Waals surface area contributed by atoms with Crippen LogP contribution in [0.1, 0.15) is 12.6 Å². The Morgan fingerprint density at radius 3 is 2.38 bits per heavy atom. The van der Waals surface area contributed by atoms with Crippen molar-refractivity contribution in [3.05, 3.63) is 40.0 Å². The summed E-state index contributed by atoms with van der Waals surface area (Å²) in [5.41, 5.74) is 1.84. The Labute approximate surface area is 99.8 Å². The van der Waals surface area contributed by atoms with Crippen LogP contribution in [0.5, 0.6) is 0 Å². The molecule has 0 atom stereocenters. The summed E-state index contributed by atoms with van der Waals surface area (Å²) in [5.74, 6) is -1.22. The van der Waals surface area contributed by atoms with Crippen molar-refractivity contribution < 1.29 is 8.78 Å². The second kappa shape index (κ2) is 4.33. The van der Waals surface area contributed by atoms with Gasteiger partial charge in [0, 0.05) is 17.3 Å². The topological polar surface area (TPSA) is 28.7 Å². The highest BCUT2D eigenvalue weighted by Gasteiger charge is 2.12. The van der Waals surface area contributed by atoms with Crippen LogP contribution in [0, 0.1) is 11.6 Å². The summed E-state index contributed by atoms with van der Waals surface area (Å²) in [7, 11) is 0. The first kappa shape index (κ1) is 11.3. The maximum atomic E-state index is 13.0. The lowest BCUT2D eigenvalue weighted by molar-refractivity contribution is 0.584. The molecule has 0 aliphatic carbocycles. The minimum atomic E-state index is -0.608. The van der Waals surface area contributed by atoms with Gasteiger partial charge in [-0.1, -0.05) is 6.92 Å². The molecule has 0 saturated carbocycles. The summed E-state index contributed by atoms with van der Waals surface area (Å²) in [5, 5.41) is 6.85. The summed E-state index contributed by atoms with van der Waals surface area (Å²) in [6.07, 6.45) is 0.769. The van der Waals surface area contributed by atoms with E-state index in [9.17, 15) is 8.78 Å². The number of aromatic amines is 1. The number of aryl methyl sites for hydroxylation is 1. The molecule has 0 amide bonds. The summed E-state index contributed by atoms with van der Waals surface area (Å²) in [4.78, 5) is 0. The minimum absolute atomic E-state index is 0.417. The van der Waals surface area contributed by atoms with E-state index in [1.54, 1.807) is 0 Å². The van der Waals surface area contributed by atoms with Gasteiger partial charge in [-0.3, -0.25) is 5.10 Å². The van der Waals surface area contributed by atoms with Crippen molar-refractivity contribution in [3.8, 4) is 11.3 Å². The van der Waals surface area contributed by atoms with Crippen LogP contribution in [0.15, 0.2) is 22.7 Å². The number of hydrogen-bond donors (Lipinski definition) is 1. The van der Waals surface area contributed by atoms with Gasteiger partial charge in [0.1, 0.15) is 17.3 Å². The van der Waals surface area contributed by atoms with E-state index in [4.69, 9.17) is 0 Å². The smallest absolute Gasteiger partial charge is 0.126 e. The standard InChI is InChI=1S/C11H9BrF2N2/c1-2-9-10(12)11(16-15-9)6-3-7(13)5-8(14)4-6/h3-5H,2H2,1H3,(H,15,16). The SMILES string of the molecule is CCc1[nH]nc(-c2cc(F)cc(F)c2)c1Br. The molecule has 0 bridgehead atoms. The molecule has 2 rings (SSSR count). The number of nitrogens with zero attached hydrogens (tertiary/aromatic N) is 1.